The third-order valence-corrected chi connectivity index (χ3v) is 6.86. The lowest BCUT2D eigenvalue weighted by Gasteiger charge is -2.17. The van der Waals surface area contributed by atoms with E-state index in [-0.39, 0.29) is 5.82 Å². The highest BCUT2D eigenvalue weighted by Gasteiger charge is 2.20. The van der Waals surface area contributed by atoms with Crippen LogP contribution in [-0.2, 0) is 11.5 Å². The number of rotatable bonds is 12. The average molecular weight is 532 g/mol. The summed E-state index contributed by atoms with van der Waals surface area (Å²) in [7, 11) is 0. The second-order valence-corrected chi connectivity index (χ2v) is 10.3. The van der Waals surface area contributed by atoms with Crippen molar-refractivity contribution in [1.29, 1.82) is 5.26 Å². The van der Waals surface area contributed by atoms with Gasteiger partial charge in [-0.15, -0.1) is 0 Å². The molecule has 0 aliphatic carbocycles. The van der Waals surface area contributed by atoms with Gasteiger partial charge in [-0.2, -0.15) is 17.0 Å². The van der Waals surface area contributed by atoms with Crippen LogP contribution in [0.5, 0.6) is 0 Å². The quantitative estimate of drug-likeness (QED) is 0.148. The minimum atomic E-state index is -0.296. The fourth-order valence-corrected chi connectivity index (χ4v) is 4.74. The molecule has 0 aliphatic heterocycles. The van der Waals surface area contributed by atoms with E-state index >= 15 is 0 Å². The summed E-state index contributed by atoms with van der Waals surface area (Å²) >= 11 is 3.31. The Kier molecular flexibility index (Phi) is 13.3. The largest absolute Gasteiger partial charge is 0.360 e. The molecule has 36 heavy (non-hydrogen) atoms. The maximum Gasteiger partial charge on any atom is 0.190 e. The van der Waals surface area contributed by atoms with E-state index in [9.17, 15) is 9.65 Å². The van der Waals surface area contributed by atoms with Gasteiger partial charge >= 0.3 is 0 Å². The van der Waals surface area contributed by atoms with Gasteiger partial charge in [0.25, 0.3) is 0 Å². The molecule has 196 valence electrons. The van der Waals surface area contributed by atoms with Crippen LogP contribution in [0.1, 0.15) is 45.2 Å². The highest BCUT2D eigenvalue weighted by Crippen LogP contribution is 2.34. The highest BCUT2D eigenvalue weighted by atomic mass is 32.2. The van der Waals surface area contributed by atoms with Crippen molar-refractivity contribution in [1.82, 2.24) is 19.4 Å². The van der Waals surface area contributed by atoms with E-state index in [1.807, 2.05) is 17.7 Å². The molecule has 2 aromatic heterocycles. The lowest BCUT2D eigenvalue weighted by molar-refractivity contribution is 0.0926. The first kappa shape index (κ1) is 30.1. The summed E-state index contributed by atoms with van der Waals surface area (Å²) in [6.07, 6.45) is 5.06. The van der Waals surface area contributed by atoms with Gasteiger partial charge in [0.1, 0.15) is 24.3 Å². The SMILES string of the molecule is CCC.CCN(CC)CCSc1nc(-c2ccc(F)cc2C)c2c(C#N)cn(COCCSC)c2n1. The second-order valence-electron chi connectivity index (χ2n) is 8.25. The second kappa shape index (κ2) is 15.9. The maximum atomic E-state index is 13.8. The number of benzene rings is 1. The number of fused-ring (bicyclic) bond motifs is 1. The monoisotopic (exact) mass is 531 g/mol. The standard InChI is InChI=1S/C24H30FN5OS2.C3H8/c1-5-29(6-2)9-11-33-24-27-22(20-8-7-19(25)13-17(20)3)21-18(14-26)15-30(23(21)28-24)16-31-10-12-32-4;1-3-2/h7-8,13,15H,5-6,9-12,16H2,1-4H3;3H2,1-2H3. The van der Waals surface area contributed by atoms with Crippen LogP contribution in [0.3, 0.4) is 0 Å². The zero-order chi connectivity index (χ0) is 26.5. The van der Waals surface area contributed by atoms with Crippen LogP contribution in [0.15, 0.2) is 29.6 Å². The normalized spacial score (nSPS) is 11.0. The smallest absolute Gasteiger partial charge is 0.190 e. The van der Waals surface area contributed by atoms with Crippen LogP contribution in [-0.4, -0.2) is 63.4 Å². The third kappa shape index (κ3) is 8.20. The summed E-state index contributed by atoms with van der Waals surface area (Å²) in [5, 5.41) is 11.2. The van der Waals surface area contributed by atoms with Crippen molar-refractivity contribution in [3.63, 3.8) is 0 Å². The van der Waals surface area contributed by atoms with E-state index in [4.69, 9.17) is 14.7 Å². The summed E-state index contributed by atoms with van der Waals surface area (Å²) < 4.78 is 21.5. The Morgan fingerprint density at radius 2 is 1.86 bits per heavy atom. The molecule has 0 saturated carbocycles. The molecule has 0 N–H and O–H groups in total. The molecule has 0 fully saturated rings. The minimum Gasteiger partial charge on any atom is -0.360 e. The molecule has 9 heteroatoms. The summed E-state index contributed by atoms with van der Waals surface area (Å²) in [4.78, 5) is 12.0. The van der Waals surface area contributed by atoms with Gasteiger partial charge in [-0.25, -0.2) is 14.4 Å². The summed E-state index contributed by atoms with van der Waals surface area (Å²) in [6, 6.07) is 6.92. The molecule has 0 atom stereocenters. The molecule has 0 saturated heterocycles. The molecule has 3 rings (SSSR count). The van der Waals surface area contributed by atoms with Crippen molar-refractivity contribution in [2.75, 3.05) is 44.0 Å². The molecule has 0 amide bonds. The van der Waals surface area contributed by atoms with E-state index in [0.29, 0.717) is 40.8 Å². The molecule has 3 aromatic rings. The van der Waals surface area contributed by atoms with Gasteiger partial charge < -0.3 is 14.2 Å². The Balaban J connectivity index is 0.00000145. The zero-order valence-corrected chi connectivity index (χ0v) is 23.9. The summed E-state index contributed by atoms with van der Waals surface area (Å²) in [5.41, 5.74) is 3.36. The van der Waals surface area contributed by atoms with Crippen molar-refractivity contribution in [3.05, 3.63) is 41.3 Å². The Bertz CT molecular complexity index is 1140. The van der Waals surface area contributed by atoms with Crippen molar-refractivity contribution in [2.24, 2.45) is 0 Å². The van der Waals surface area contributed by atoms with Gasteiger partial charge in [0, 0.05) is 29.8 Å². The van der Waals surface area contributed by atoms with Crippen LogP contribution >= 0.6 is 23.5 Å². The summed E-state index contributed by atoms with van der Waals surface area (Å²) in [6.45, 7) is 14.3. The predicted octanol–water partition coefficient (Wildman–Crippen LogP) is 6.60. The number of halogens is 1. The van der Waals surface area contributed by atoms with E-state index in [1.54, 1.807) is 35.8 Å². The first-order valence-corrected chi connectivity index (χ1v) is 14.8. The first-order chi connectivity index (χ1) is 17.4. The first-order valence-electron chi connectivity index (χ1n) is 12.4. The molecule has 0 bridgehead atoms. The van der Waals surface area contributed by atoms with E-state index in [1.165, 1.54) is 18.6 Å². The third-order valence-electron chi connectivity index (χ3n) is 5.46. The number of aromatic nitrogens is 3. The number of nitrogens with zero attached hydrogens (tertiary/aromatic N) is 5. The van der Waals surface area contributed by atoms with Crippen LogP contribution in [0.4, 0.5) is 4.39 Å². The molecule has 6 nitrogen and oxygen atoms in total. The number of hydrogen-bond donors (Lipinski definition) is 0. The van der Waals surface area contributed by atoms with Crippen molar-refractivity contribution < 1.29 is 9.13 Å². The van der Waals surface area contributed by atoms with Crippen LogP contribution in [0, 0.1) is 24.1 Å². The molecule has 0 spiro atoms. The van der Waals surface area contributed by atoms with Gasteiger partial charge in [-0.3, -0.25) is 0 Å². The summed E-state index contributed by atoms with van der Waals surface area (Å²) in [5.74, 6) is 1.45. The molecular formula is C27H38FN5OS2. The molecular weight excluding hydrogens is 493 g/mol. The minimum absolute atomic E-state index is 0.296. The number of hydrogen-bond acceptors (Lipinski definition) is 7. The number of thioether (sulfide) groups is 2. The van der Waals surface area contributed by atoms with E-state index in [2.05, 4.69) is 38.7 Å². The predicted molar refractivity (Wildman–Crippen MR) is 151 cm³/mol. The zero-order valence-electron chi connectivity index (χ0n) is 22.3. The highest BCUT2D eigenvalue weighted by molar-refractivity contribution is 7.99. The Labute approximate surface area is 223 Å². The lowest BCUT2D eigenvalue weighted by atomic mass is 10.0. The number of aryl methyl sites for hydroxylation is 1. The van der Waals surface area contributed by atoms with Crippen molar-refractivity contribution in [2.45, 2.75) is 52.9 Å². The topological polar surface area (TPSA) is 67.0 Å². The van der Waals surface area contributed by atoms with Gasteiger partial charge in [-0.1, -0.05) is 45.9 Å². The maximum absolute atomic E-state index is 13.8. The lowest BCUT2D eigenvalue weighted by Crippen LogP contribution is -2.25. The molecule has 0 aliphatic rings. The molecule has 1 aromatic carbocycles. The fraction of sp³-hybridized carbons (Fsp3) is 0.519. The van der Waals surface area contributed by atoms with E-state index < -0.39 is 0 Å². The van der Waals surface area contributed by atoms with Gasteiger partial charge in [0.05, 0.1) is 23.3 Å². The van der Waals surface area contributed by atoms with Gasteiger partial charge in [0.2, 0.25) is 0 Å². The molecule has 2 heterocycles. The van der Waals surface area contributed by atoms with Gasteiger partial charge in [-0.05, 0) is 50.0 Å². The average Bonchev–Trinajstić information content (AvgIpc) is 3.22. The van der Waals surface area contributed by atoms with Crippen LogP contribution in [0.25, 0.3) is 22.3 Å². The van der Waals surface area contributed by atoms with Crippen molar-refractivity contribution in [3.8, 4) is 17.3 Å². The van der Waals surface area contributed by atoms with E-state index in [0.717, 1.165) is 42.3 Å². The Hall–Kier alpha value is -2.12. The van der Waals surface area contributed by atoms with Crippen LogP contribution in [0.2, 0.25) is 0 Å². The fourth-order valence-electron chi connectivity index (χ4n) is 3.61. The van der Waals surface area contributed by atoms with Gasteiger partial charge in [0.15, 0.2) is 5.16 Å². The number of ether oxygens (including phenoxy) is 1. The van der Waals surface area contributed by atoms with Crippen molar-refractivity contribution >= 4 is 34.6 Å². The number of nitriles is 1. The Morgan fingerprint density at radius 1 is 1.14 bits per heavy atom. The molecule has 0 unspecified atom stereocenters. The van der Waals surface area contributed by atoms with Crippen LogP contribution < -0.4 is 0 Å². The molecule has 0 radical (unpaired) electrons. The Morgan fingerprint density at radius 3 is 2.47 bits per heavy atom.